The van der Waals surface area contributed by atoms with Crippen LogP contribution < -0.4 is 10.2 Å². The van der Waals surface area contributed by atoms with E-state index in [4.69, 9.17) is 0 Å². The molecular weight excluding hydrogens is 333 g/mol. The van der Waals surface area contributed by atoms with Gasteiger partial charge in [0, 0.05) is 31.9 Å². The molecule has 2 aromatic rings. The van der Waals surface area contributed by atoms with Gasteiger partial charge in [-0.3, -0.25) is 0 Å². The van der Waals surface area contributed by atoms with Crippen LogP contribution in [0.5, 0.6) is 0 Å². The van der Waals surface area contributed by atoms with Crippen LogP contribution in [-0.4, -0.2) is 40.7 Å². The molecule has 0 unspecified atom stereocenters. The second-order valence-electron chi connectivity index (χ2n) is 6.40. The van der Waals surface area contributed by atoms with Crippen molar-refractivity contribution in [1.29, 1.82) is 0 Å². The maximum Gasteiger partial charge on any atom is 0.145 e. The lowest BCUT2D eigenvalue weighted by molar-refractivity contribution is 0.338. The highest BCUT2D eigenvalue weighted by molar-refractivity contribution is 5.88. The fraction of sp³-hybridized carbons (Fsp3) is 0.625. The summed E-state index contributed by atoms with van der Waals surface area (Å²) in [5, 5.41) is 4.64. The third-order valence-corrected chi connectivity index (χ3v) is 4.66. The van der Waals surface area contributed by atoms with Gasteiger partial charge in [0.2, 0.25) is 0 Å². The standard InChI is InChI=1S/C16H25N5.2ClH/c1-11(2)21-8-6-13-15(18-10-19-16(13)21)20(4)14-9-17-7-5-12(14)3;;/h6,8,10-12,14,17H,5,7,9H2,1-4H3;2*1H/t12-,14+;;/m1../s1. The van der Waals surface area contributed by atoms with Gasteiger partial charge in [0.1, 0.15) is 17.8 Å². The Kier molecular flexibility index (Phi) is 7.11. The van der Waals surface area contributed by atoms with Crippen LogP contribution in [0.3, 0.4) is 0 Å². The third-order valence-electron chi connectivity index (χ3n) is 4.66. The van der Waals surface area contributed by atoms with Crippen LogP contribution in [0.25, 0.3) is 11.0 Å². The van der Waals surface area contributed by atoms with Crippen molar-refractivity contribution in [2.24, 2.45) is 5.92 Å². The van der Waals surface area contributed by atoms with E-state index in [9.17, 15) is 0 Å². The van der Waals surface area contributed by atoms with Gasteiger partial charge in [-0.1, -0.05) is 6.92 Å². The first-order valence-corrected chi connectivity index (χ1v) is 7.84. The predicted octanol–water partition coefficient (Wildman–Crippen LogP) is 3.29. The molecule has 1 aliphatic rings. The summed E-state index contributed by atoms with van der Waals surface area (Å²) in [6.07, 6.45) is 5.02. The SMILES string of the molecule is CC(C)n1ccc2c(N(C)[C@H]3CNCC[C@H]3C)ncnc21.Cl.Cl. The van der Waals surface area contributed by atoms with Crippen molar-refractivity contribution < 1.29 is 0 Å². The van der Waals surface area contributed by atoms with E-state index in [-0.39, 0.29) is 24.8 Å². The normalized spacial score (nSPS) is 20.9. The van der Waals surface area contributed by atoms with Gasteiger partial charge in [-0.15, -0.1) is 24.8 Å². The van der Waals surface area contributed by atoms with E-state index in [1.54, 1.807) is 6.33 Å². The molecule has 1 saturated heterocycles. The maximum atomic E-state index is 4.56. The minimum atomic E-state index is 0. The number of piperidine rings is 1. The van der Waals surface area contributed by atoms with Gasteiger partial charge < -0.3 is 14.8 Å². The van der Waals surface area contributed by atoms with Gasteiger partial charge in [0.05, 0.1) is 5.39 Å². The van der Waals surface area contributed by atoms with Crippen LogP contribution >= 0.6 is 24.8 Å². The van der Waals surface area contributed by atoms with Gasteiger partial charge in [0.15, 0.2) is 0 Å². The number of fused-ring (bicyclic) bond motifs is 1. The lowest BCUT2D eigenvalue weighted by Gasteiger charge is -2.37. The van der Waals surface area contributed by atoms with Crippen LogP contribution in [0.1, 0.15) is 33.2 Å². The number of anilines is 1. The molecule has 0 spiro atoms. The Bertz CT molecular complexity index is 628. The highest BCUT2D eigenvalue weighted by atomic mass is 35.5. The van der Waals surface area contributed by atoms with Crippen LogP contribution in [-0.2, 0) is 0 Å². The summed E-state index contributed by atoms with van der Waals surface area (Å²) in [7, 11) is 2.16. The molecule has 2 atom stereocenters. The van der Waals surface area contributed by atoms with Crippen molar-refractivity contribution in [2.75, 3.05) is 25.0 Å². The molecule has 1 N–H and O–H groups in total. The molecule has 3 heterocycles. The molecule has 1 aliphatic heterocycles. The Morgan fingerprint density at radius 2 is 2.04 bits per heavy atom. The van der Waals surface area contributed by atoms with E-state index < -0.39 is 0 Å². The Balaban J connectivity index is 0.00000132. The van der Waals surface area contributed by atoms with E-state index in [0.29, 0.717) is 18.0 Å². The minimum Gasteiger partial charge on any atom is -0.354 e. The van der Waals surface area contributed by atoms with E-state index in [0.717, 1.165) is 29.9 Å². The molecule has 0 bridgehead atoms. The van der Waals surface area contributed by atoms with Gasteiger partial charge >= 0.3 is 0 Å². The Morgan fingerprint density at radius 1 is 1.30 bits per heavy atom. The van der Waals surface area contributed by atoms with Crippen LogP contribution in [0.4, 0.5) is 5.82 Å². The summed E-state index contributed by atoms with van der Waals surface area (Å²) in [6.45, 7) is 8.83. The molecule has 7 heteroatoms. The highest BCUT2D eigenvalue weighted by Gasteiger charge is 2.27. The van der Waals surface area contributed by atoms with E-state index in [1.165, 1.54) is 6.42 Å². The van der Waals surface area contributed by atoms with Crippen molar-refractivity contribution in [2.45, 2.75) is 39.3 Å². The zero-order valence-electron chi connectivity index (χ0n) is 14.2. The van der Waals surface area contributed by atoms with E-state index >= 15 is 0 Å². The lowest BCUT2D eigenvalue weighted by Crippen LogP contribution is -2.49. The summed E-state index contributed by atoms with van der Waals surface area (Å²) in [5.74, 6) is 1.72. The summed E-state index contributed by atoms with van der Waals surface area (Å²) in [5.41, 5.74) is 1.03. The maximum absolute atomic E-state index is 4.56. The van der Waals surface area contributed by atoms with Crippen LogP contribution in [0.2, 0.25) is 0 Å². The smallest absolute Gasteiger partial charge is 0.145 e. The number of nitrogens with one attached hydrogen (secondary N) is 1. The molecule has 5 nitrogen and oxygen atoms in total. The van der Waals surface area contributed by atoms with Crippen molar-refractivity contribution in [3.63, 3.8) is 0 Å². The summed E-state index contributed by atoms with van der Waals surface area (Å²) >= 11 is 0. The van der Waals surface area contributed by atoms with Crippen molar-refractivity contribution in [3.8, 4) is 0 Å². The van der Waals surface area contributed by atoms with E-state index in [2.05, 4.69) is 64.8 Å². The van der Waals surface area contributed by atoms with Gasteiger partial charge in [-0.2, -0.15) is 0 Å². The number of likely N-dealkylation sites (N-methyl/N-ethyl adjacent to an activating group) is 1. The fourth-order valence-electron chi connectivity index (χ4n) is 3.30. The first-order chi connectivity index (χ1) is 10.1. The molecule has 0 amide bonds. The quantitative estimate of drug-likeness (QED) is 0.913. The second kappa shape index (κ2) is 8.18. The summed E-state index contributed by atoms with van der Waals surface area (Å²) in [6, 6.07) is 3.03. The van der Waals surface area contributed by atoms with Gasteiger partial charge in [-0.25, -0.2) is 9.97 Å². The van der Waals surface area contributed by atoms with E-state index in [1.807, 2.05) is 0 Å². The van der Waals surface area contributed by atoms with Crippen LogP contribution in [0.15, 0.2) is 18.6 Å². The summed E-state index contributed by atoms with van der Waals surface area (Å²) in [4.78, 5) is 11.4. The fourth-order valence-corrected chi connectivity index (χ4v) is 3.30. The summed E-state index contributed by atoms with van der Waals surface area (Å²) < 4.78 is 2.21. The predicted molar refractivity (Wildman–Crippen MR) is 101 cm³/mol. The number of nitrogens with zero attached hydrogens (tertiary/aromatic N) is 4. The average molecular weight is 360 g/mol. The molecule has 0 radical (unpaired) electrons. The molecule has 0 aromatic carbocycles. The molecule has 1 fully saturated rings. The topological polar surface area (TPSA) is 46.0 Å². The van der Waals surface area contributed by atoms with Gasteiger partial charge in [0.25, 0.3) is 0 Å². The minimum absolute atomic E-state index is 0. The monoisotopic (exact) mass is 359 g/mol. The zero-order valence-corrected chi connectivity index (χ0v) is 15.8. The number of aromatic nitrogens is 3. The van der Waals surface area contributed by atoms with Crippen molar-refractivity contribution >= 4 is 41.7 Å². The number of hydrogen-bond acceptors (Lipinski definition) is 4. The molecule has 0 aliphatic carbocycles. The molecule has 2 aromatic heterocycles. The number of hydrogen-bond donors (Lipinski definition) is 1. The molecule has 0 saturated carbocycles. The van der Waals surface area contributed by atoms with Crippen LogP contribution in [0, 0.1) is 5.92 Å². The average Bonchev–Trinajstić information content (AvgIpc) is 2.91. The molecule has 23 heavy (non-hydrogen) atoms. The first-order valence-electron chi connectivity index (χ1n) is 7.84. The highest BCUT2D eigenvalue weighted by Crippen LogP contribution is 2.28. The second-order valence-corrected chi connectivity index (χ2v) is 6.40. The zero-order chi connectivity index (χ0) is 15.0. The number of rotatable bonds is 3. The lowest BCUT2D eigenvalue weighted by atomic mass is 9.93. The first kappa shape index (κ1) is 20.0. The molecular formula is C16H27Cl2N5. The third kappa shape index (κ3) is 3.73. The number of halogens is 2. The Hall–Kier alpha value is -1.04. The Labute approximate surface area is 150 Å². The van der Waals surface area contributed by atoms with Crippen molar-refractivity contribution in [1.82, 2.24) is 19.9 Å². The largest absolute Gasteiger partial charge is 0.354 e. The Morgan fingerprint density at radius 3 is 2.70 bits per heavy atom. The molecule has 3 rings (SSSR count). The molecule has 130 valence electrons. The van der Waals surface area contributed by atoms with Crippen molar-refractivity contribution in [3.05, 3.63) is 18.6 Å². The van der Waals surface area contributed by atoms with Gasteiger partial charge in [-0.05, 0) is 38.8 Å².